The number of rotatable bonds is 5. The molecule has 1 atom stereocenters. The molecule has 1 aromatic heterocycles. The van der Waals surface area contributed by atoms with E-state index in [9.17, 15) is 0 Å². The molecule has 2 N–H and O–H groups in total. The second-order valence-electron chi connectivity index (χ2n) is 4.75. The van der Waals surface area contributed by atoms with Crippen molar-refractivity contribution in [3.63, 3.8) is 0 Å². The summed E-state index contributed by atoms with van der Waals surface area (Å²) in [5, 5.41) is 0. The number of nitrogens with zero attached hydrogens (tertiary/aromatic N) is 1. The van der Waals surface area contributed by atoms with Crippen LogP contribution in [-0.4, -0.2) is 18.0 Å². The zero-order valence-electron chi connectivity index (χ0n) is 10.1. The van der Waals surface area contributed by atoms with E-state index in [2.05, 4.69) is 17.9 Å². The summed E-state index contributed by atoms with van der Waals surface area (Å²) in [5.41, 5.74) is 5.53. The normalized spacial score (nSPS) is 21.8. The van der Waals surface area contributed by atoms with Gasteiger partial charge in [-0.05, 0) is 37.4 Å². The lowest BCUT2D eigenvalue weighted by atomic mass is 10.0. The van der Waals surface area contributed by atoms with Gasteiger partial charge < -0.3 is 10.2 Å². The van der Waals surface area contributed by atoms with Gasteiger partial charge in [0.05, 0.1) is 13.1 Å². The number of furan rings is 1. The van der Waals surface area contributed by atoms with Gasteiger partial charge in [0.15, 0.2) is 0 Å². The third-order valence-electron chi connectivity index (χ3n) is 3.36. The number of hydrogen-bond acceptors (Lipinski definition) is 3. The average molecular weight is 222 g/mol. The highest BCUT2D eigenvalue weighted by molar-refractivity contribution is 5.07. The van der Waals surface area contributed by atoms with Crippen molar-refractivity contribution >= 4 is 0 Å². The Morgan fingerprint density at radius 1 is 1.44 bits per heavy atom. The smallest absolute Gasteiger partial charge is 0.118 e. The zero-order valence-corrected chi connectivity index (χ0v) is 10.1. The Kier molecular flexibility index (Phi) is 4.02. The van der Waals surface area contributed by atoms with Crippen LogP contribution in [0.25, 0.3) is 0 Å². The van der Waals surface area contributed by atoms with Gasteiger partial charge in [0, 0.05) is 6.54 Å². The highest BCUT2D eigenvalue weighted by atomic mass is 16.3. The molecule has 1 aliphatic rings. The average Bonchev–Trinajstić information content (AvgIpc) is 2.89. The van der Waals surface area contributed by atoms with Gasteiger partial charge in [-0.15, -0.1) is 0 Å². The molecule has 3 heteroatoms. The monoisotopic (exact) mass is 222 g/mol. The second kappa shape index (κ2) is 5.51. The second-order valence-corrected chi connectivity index (χ2v) is 4.75. The van der Waals surface area contributed by atoms with Crippen molar-refractivity contribution in [3.05, 3.63) is 23.7 Å². The molecule has 0 saturated carbocycles. The number of likely N-dealkylation sites (tertiary alicyclic amines) is 1. The van der Waals surface area contributed by atoms with Gasteiger partial charge in [-0.1, -0.05) is 13.3 Å². The Labute approximate surface area is 97.6 Å². The van der Waals surface area contributed by atoms with Gasteiger partial charge in [-0.2, -0.15) is 0 Å². The van der Waals surface area contributed by atoms with Crippen molar-refractivity contribution in [2.45, 2.75) is 39.3 Å². The zero-order chi connectivity index (χ0) is 11.4. The van der Waals surface area contributed by atoms with Crippen molar-refractivity contribution in [1.29, 1.82) is 0 Å². The maximum atomic E-state index is 5.62. The summed E-state index contributed by atoms with van der Waals surface area (Å²) >= 11 is 0. The molecule has 0 aliphatic carbocycles. The molecule has 90 valence electrons. The molecule has 1 fully saturated rings. The van der Waals surface area contributed by atoms with Gasteiger partial charge in [-0.25, -0.2) is 0 Å². The summed E-state index contributed by atoms with van der Waals surface area (Å²) in [6.45, 7) is 6.15. The summed E-state index contributed by atoms with van der Waals surface area (Å²) in [4.78, 5) is 2.49. The molecule has 1 saturated heterocycles. The third-order valence-corrected chi connectivity index (χ3v) is 3.36. The van der Waals surface area contributed by atoms with Crippen LogP contribution in [0.4, 0.5) is 0 Å². The Hall–Kier alpha value is -0.800. The van der Waals surface area contributed by atoms with Crippen LogP contribution >= 0.6 is 0 Å². The van der Waals surface area contributed by atoms with Crippen LogP contribution < -0.4 is 5.73 Å². The van der Waals surface area contributed by atoms with Crippen LogP contribution in [-0.2, 0) is 13.1 Å². The Bertz CT molecular complexity index is 321. The van der Waals surface area contributed by atoms with Crippen LogP contribution in [0, 0.1) is 5.92 Å². The molecule has 1 aliphatic heterocycles. The summed E-state index contributed by atoms with van der Waals surface area (Å²) in [7, 11) is 0. The predicted molar refractivity (Wildman–Crippen MR) is 64.9 cm³/mol. The summed E-state index contributed by atoms with van der Waals surface area (Å²) in [5.74, 6) is 2.84. The van der Waals surface area contributed by atoms with Crippen LogP contribution in [0.5, 0.6) is 0 Å². The van der Waals surface area contributed by atoms with Crippen LogP contribution in [0.15, 0.2) is 16.5 Å². The van der Waals surface area contributed by atoms with Gasteiger partial charge in [0.25, 0.3) is 0 Å². The first-order valence-corrected chi connectivity index (χ1v) is 6.31. The van der Waals surface area contributed by atoms with Gasteiger partial charge in [0.2, 0.25) is 0 Å². The first-order valence-electron chi connectivity index (χ1n) is 6.31. The summed E-state index contributed by atoms with van der Waals surface area (Å²) in [6, 6.07) is 4.03. The Morgan fingerprint density at radius 3 is 2.94 bits per heavy atom. The molecule has 0 spiro atoms. The van der Waals surface area contributed by atoms with Gasteiger partial charge in [0.1, 0.15) is 11.5 Å². The minimum atomic E-state index is 0.498. The minimum Gasteiger partial charge on any atom is -0.463 e. The summed E-state index contributed by atoms with van der Waals surface area (Å²) < 4.78 is 5.62. The van der Waals surface area contributed by atoms with E-state index in [1.807, 2.05) is 6.07 Å². The Morgan fingerprint density at radius 2 is 2.25 bits per heavy atom. The maximum absolute atomic E-state index is 5.62. The van der Waals surface area contributed by atoms with Gasteiger partial charge >= 0.3 is 0 Å². The molecule has 1 aromatic rings. The molecule has 0 amide bonds. The molecule has 1 unspecified atom stereocenters. The Balaban J connectivity index is 1.82. The van der Waals surface area contributed by atoms with E-state index < -0.39 is 0 Å². The van der Waals surface area contributed by atoms with Crippen LogP contribution in [0.2, 0.25) is 0 Å². The van der Waals surface area contributed by atoms with Crippen molar-refractivity contribution in [1.82, 2.24) is 4.90 Å². The highest BCUT2D eigenvalue weighted by Gasteiger charge is 2.22. The van der Waals surface area contributed by atoms with E-state index in [4.69, 9.17) is 10.2 Å². The fourth-order valence-electron chi connectivity index (χ4n) is 2.54. The highest BCUT2D eigenvalue weighted by Crippen LogP contribution is 2.22. The predicted octanol–water partition coefficient (Wildman–Crippen LogP) is 2.36. The van der Waals surface area contributed by atoms with E-state index in [0.29, 0.717) is 6.54 Å². The quantitative estimate of drug-likeness (QED) is 0.831. The summed E-state index contributed by atoms with van der Waals surface area (Å²) in [6.07, 6.45) is 4.01. The van der Waals surface area contributed by atoms with Crippen molar-refractivity contribution in [2.24, 2.45) is 11.7 Å². The first-order chi connectivity index (χ1) is 7.81. The lowest BCUT2D eigenvalue weighted by molar-refractivity contribution is 0.280. The molecular formula is C13H22N2O. The van der Waals surface area contributed by atoms with E-state index in [0.717, 1.165) is 24.0 Å². The molecule has 0 radical (unpaired) electrons. The fraction of sp³-hybridized carbons (Fsp3) is 0.692. The topological polar surface area (TPSA) is 42.4 Å². The molecule has 3 nitrogen and oxygen atoms in total. The first kappa shape index (κ1) is 11.7. The lowest BCUT2D eigenvalue weighted by Gasteiger charge is -2.13. The van der Waals surface area contributed by atoms with Crippen molar-refractivity contribution < 1.29 is 4.42 Å². The van der Waals surface area contributed by atoms with Gasteiger partial charge in [-0.3, -0.25) is 4.90 Å². The molecule has 16 heavy (non-hydrogen) atoms. The third kappa shape index (κ3) is 2.86. The molecule has 2 heterocycles. The number of hydrogen-bond donors (Lipinski definition) is 1. The maximum Gasteiger partial charge on any atom is 0.118 e. The van der Waals surface area contributed by atoms with Crippen LogP contribution in [0.1, 0.15) is 37.7 Å². The molecule has 0 bridgehead atoms. The van der Waals surface area contributed by atoms with Crippen molar-refractivity contribution in [3.8, 4) is 0 Å². The van der Waals surface area contributed by atoms with E-state index in [-0.39, 0.29) is 0 Å². The SMILES string of the molecule is CCCC1CCN(Cc2ccc(CN)o2)C1. The van der Waals surface area contributed by atoms with E-state index in [1.165, 1.54) is 32.4 Å². The van der Waals surface area contributed by atoms with E-state index >= 15 is 0 Å². The number of nitrogens with two attached hydrogens (primary N) is 1. The molecular weight excluding hydrogens is 200 g/mol. The lowest BCUT2D eigenvalue weighted by Crippen LogP contribution is -2.19. The standard InChI is InChI=1S/C13H22N2O/c1-2-3-11-6-7-15(9-11)10-13-5-4-12(8-14)16-13/h4-5,11H,2-3,6-10,14H2,1H3. The van der Waals surface area contributed by atoms with Crippen LogP contribution in [0.3, 0.4) is 0 Å². The largest absolute Gasteiger partial charge is 0.463 e. The van der Waals surface area contributed by atoms with Crippen molar-refractivity contribution in [2.75, 3.05) is 13.1 Å². The molecule has 0 aromatic carbocycles. The minimum absolute atomic E-state index is 0.498. The molecule has 2 rings (SSSR count). The van der Waals surface area contributed by atoms with E-state index in [1.54, 1.807) is 0 Å². The fourth-order valence-corrected chi connectivity index (χ4v) is 2.54.